The van der Waals surface area contributed by atoms with E-state index in [1.165, 1.54) is 6.26 Å². The maximum absolute atomic E-state index is 11.5. The van der Waals surface area contributed by atoms with Crippen molar-refractivity contribution in [1.82, 2.24) is 10.2 Å². The average Bonchev–Trinajstić information content (AvgIpc) is 2.89. The van der Waals surface area contributed by atoms with Crippen LogP contribution in [0.15, 0.2) is 27.8 Å². The molecule has 0 radical (unpaired) electrons. The van der Waals surface area contributed by atoms with E-state index in [2.05, 4.69) is 10.3 Å². The van der Waals surface area contributed by atoms with E-state index in [0.717, 1.165) is 13.1 Å². The normalized spacial score (nSPS) is 10.7. The lowest BCUT2D eigenvalue weighted by Crippen LogP contribution is -2.37. The van der Waals surface area contributed by atoms with Crippen molar-refractivity contribution in [3.05, 3.63) is 24.2 Å². The maximum Gasteiger partial charge on any atom is 0.287 e. The molecule has 0 aliphatic heterocycles. The summed E-state index contributed by atoms with van der Waals surface area (Å²) in [7, 11) is 0. The molecule has 0 saturated heterocycles. The van der Waals surface area contributed by atoms with Crippen molar-refractivity contribution < 1.29 is 9.21 Å². The molecule has 0 saturated carbocycles. The number of amides is 1. The lowest BCUT2D eigenvalue weighted by Gasteiger charge is -2.19. The highest BCUT2D eigenvalue weighted by Crippen LogP contribution is 1.98. The number of nitrogens with one attached hydrogen (secondary N) is 1. The first-order chi connectivity index (χ1) is 8.69. The Balaban J connectivity index is 0.00000324. The first-order valence-corrected chi connectivity index (χ1v) is 6.05. The van der Waals surface area contributed by atoms with Crippen LogP contribution in [0.1, 0.15) is 24.4 Å². The second-order valence-electron chi connectivity index (χ2n) is 3.65. The number of aliphatic imine (C=N–C) groups is 1. The third-order valence-corrected chi connectivity index (χ3v) is 2.50. The van der Waals surface area contributed by atoms with E-state index in [0.29, 0.717) is 24.8 Å². The fraction of sp³-hybridized carbons (Fsp3) is 0.500. The molecule has 6 nitrogen and oxygen atoms in total. The Morgan fingerprint density at radius 2 is 2.16 bits per heavy atom. The van der Waals surface area contributed by atoms with Crippen LogP contribution in [-0.4, -0.2) is 42.9 Å². The van der Waals surface area contributed by atoms with Crippen LogP contribution >= 0.6 is 24.0 Å². The van der Waals surface area contributed by atoms with Crippen molar-refractivity contribution in [3.63, 3.8) is 0 Å². The average molecular weight is 380 g/mol. The number of carbonyl (C=O) groups excluding carboxylic acids is 1. The molecule has 1 aromatic rings. The summed E-state index contributed by atoms with van der Waals surface area (Å²) in [5.74, 6) is 0.569. The van der Waals surface area contributed by atoms with Crippen LogP contribution < -0.4 is 11.1 Å². The van der Waals surface area contributed by atoms with E-state index in [1.54, 1.807) is 12.1 Å². The summed E-state index contributed by atoms with van der Waals surface area (Å²) >= 11 is 0. The van der Waals surface area contributed by atoms with Gasteiger partial charge in [-0.2, -0.15) is 0 Å². The predicted octanol–water partition coefficient (Wildman–Crippen LogP) is 1.28. The molecule has 1 aromatic heterocycles. The van der Waals surface area contributed by atoms with Crippen molar-refractivity contribution in [2.75, 3.05) is 26.2 Å². The van der Waals surface area contributed by atoms with E-state index in [1.807, 2.05) is 18.7 Å². The van der Waals surface area contributed by atoms with Gasteiger partial charge in [-0.1, -0.05) is 0 Å². The number of furan rings is 1. The summed E-state index contributed by atoms with van der Waals surface area (Å²) in [5, 5.41) is 2.70. The Morgan fingerprint density at radius 3 is 2.68 bits per heavy atom. The monoisotopic (exact) mass is 380 g/mol. The zero-order valence-corrected chi connectivity index (χ0v) is 13.6. The van der Waals surface area contributed by atoms with Crippen LogP contribution in [0.25, 0.3) is 0 Å². The highest BCUT2D eigenvalue weighted by atomic mass is 127. The van der Waals surface area contributed by atoms with Gasteiger partial charge in [0.1, 0.15) is 0 Å². The standard InChI is InChI=1S/C12H20N4O2.HI/c1-3-16(4-2)12(13)15-8-7-14-11(17)10-6-5-9-18-10;/h5-6,9H,3-4,7-8H2,1-2H3,(H2,13,15)(H,14,17);1H. The molecule has 1 rings (SSSR count). The van der Waals surface area contributed by atoms with Gasteiger partial charge in [0.05, 0.1) is 12.8 Å². The lowest BCUT2D eigenvalue weighted by molar-refractivity contribution is 0.0927. The third kappa shape index (κ3) is 5.95. The van der Waals surface area contributed by atoms with Crippen LogP contribution in [0.2, 0.25) is 0 Å². The number of carbonyl (C=O) groups is 1. The van der Waals surface area contributed by atoms with Crippen LogP contribution in [0.5, 0.6) is 0 Å². The van der Waals surface area contributed by atoms with Gasteiger partial charge in [0.25, 0.3) is 5.91 Å². The minimum atomic E-state index is -0.239. The molecule has 0 aliphatic rings. The number of hydrogen-bond donors (Lipinski definition) is 2. The van der Waals surface area contributed by atoms with Crippen LogP contribution in [-0.2, 0) is 0 Å². The van der Waals surface area contributed by atoms with Crippen molar-refractivity contribution >= 4 is 35.8 Å². The molecule has 0 atom stereocenters. The summed E-state index contributed by atoms with van der Waals surface area (Å²) in [6, 6.07) is 3.29. The number of rotatable bonds is 6. The highest BCUT2D eigenvalue weighted by molar-refractivity contribution is 14.0. The van der Waals surface area contributed by atoms with Crippen molar-refractivity contribution in [1.29, 1.82) is 0 Å². The van der Waals surface area contributed by atoms with Crippen LogP contribution in [0, 0.1) is 0 Å². The van der Waals surface area contributed by atoms with E-state index >= 15 is 0 Å². The van der Waals surface area contributed by atoms with Crippen LogP contribution in [0.3, 0.4) is 0 Å². The molecule has 7 heteroatoms. The maximum atomic E-state index is 11.5. The quantitative estimate of drug-likeness (QED) is 0.337. The minimum absolute atomic E-state index is 0. The lowest BCUT2D eigenvalue weighted by atomic mass is 10.4. The smallest absolute Gasteiger partial charge is 0.287 e. The molecule has 1 heterocycles. The molecule has 0 aliphatic carbocycles. The molecule has 0 bridgehead atoms. The minimum Gasteiger partial charge on any atom is -0.459 e. The Labute approximate surface area is 130 Å². The van der Waals surface area contributed by atoms with Crippen LogP contribution in [0.4, 0.5) is 0 Å². The second-order valence-corrected chi connectivity index (χ2v) is 3.65. The molecule has 108 valence electrons. The zero-order chi connectivity index (χ0) is 13.4. The molecular formula is C12H21IN4O2. The second kappa shape index (κ2) is 9.65. The van der Waals surface area contributed by atoms with Crippen molar-refractivity contribution in [3.8, 4) is 0 Å². The van der Waals surface area contributed by atoms with Gasteiger partial charge in [0.2, 0.25) is 0 Å². The highest BCUT2D eigenvalue weighted by Gasteiger charge is 2.06. The van der Waals surface area contributed by atoms with Gasteiger partial charge in [0.15, 0.2) is 11.7 Å². The molecule has 0 fully saturated rings. The fourth-order valence-electron chi connectivity index (χ4n) is 1.48. The van der Waals surface area contributed by atoms with E-state index in [9.17, 15) is 4.79 Å². The molecule has 1 amide bonds. The third-order valence-electron chi connectivity index (χ3n) is 2.50. The van der Waals surface area contributed by atoms with E-state index in [-0.39, 0.29) is 29.9 Å². The summed E-state index contributed by atoms with van der Waals surface area (Å²) < 4.78 is 4.97. The number of nitrogens with zero attached hydrogens (tertiary/aromatic N) is 2. The Morgan fingerprint density at radius 1 is 1.47 bits per heavy atom. The Hall–Kier alpha value is -1.25. The van der Waals surface area contributed by atoms with E-state index < -0.39 is 0 Å². The van der Waals surface area contributed by atoms with Gasteiger partial charge in [-0.25, -0.2) is 0 Å². The van der Waals surface area contributed by atoms with Crippen molar-refractivity contribution in [2.24, 2.45) is 10.7 Å². The molecular weight excluding hydrogens is 359 g/mol. The SMILES string of the molecule is CCN(CC)C(N)=NCCNC(=O)c1ccco1.I. The summed E-state index contributed by atoms with van der Waals surface area (Å²) in [6.45, 7) is 6.57. The first-order valence-electron chi connectivity index (χ1n) is 6.05. The molecule has 3 N–H and O–H groups in total. The summed E-state index contributed by atoms with van der Waals surface area (Å²) in [5.41, 5.74) is 5.80. The molecule has 0 spiro atoms. The number of hydrogen-bond acceptors (Lipinski definition) is 3. The van der Waals surface area contributed by atoms with Gasteiger partial charge in [0, 0.05) is 19.6 Å². The zero-order valence-electron chi connectivity index (χ0n) is 11.3. The Bertz CT molecular complexity index is 388. The molecule has 19 heavy (non-hydrogen) atoms. The van der Waals surface area contributed by atoms with Gasteiger partial charge in [-0.3, -0.25) is 9.79 Å². The largest absolute Gasteiger partial charge is 0.459 e. The van der Waals surface area contributed by atoms with Gasteiger partial charge < -0.3 is 20.4 Å². The molecule has 0 unspecified atom stereocenters. The predicted molar refractivity (Wildman–Crippen MR) is 85.9 cm³/mol. The molecule has 0 aromatic carbocycles. The van der Waals surface area contributed by atoms with Gasteiger partial charge in [-0.05, 0) is 26.0 Å². The number of halogens is 1. The van der Waals surface area contributed by atoms with Crippen molar-refractivity contribution in [2.45, 2.75) is 13.8 Å². The fourth-order valence-corrected chi connectivity index (χ4v) is 1.48. The Kier molecular flexibility index (Phi) is 9.02. The number of nitrogens with two attached hydrogens (primary N) is 1. The first kappa shape index (κ1) is 17.8. The van der Waals surface area contributed by atoms with Gasteiger partial charge >= 0.3 is 0 Å². The van der Waals surface area contributed by atoms with Gasteiger partial charge in [-0.15, -0.1) is 24.0 Å². The number of guanidine groups is 1. The summed E-state index contributed by atoms with van der Waals surface area (Å²) in [6.07, 6.45) is 1.46. The summed E-state index contributed by atoms with van der Waals surface area (Å²) in [4.78, 5) is 17.6. The van der Waals surface area contributed by atoms with E-state index in [4.69, 9.17) is 10.2 Å². The topological polar surface area (TPSA) is 83.9 Å².